The Morgan fingerprint density at radius 1 is 1.17 bits per heavy atom. The maximum absolute atomic E-state index is 12.3. The van der Waals surface area contributed by atoms with E-state index in [0.29, 0.717) is 5.56 Å². The molecule has 0 aliphatic rings. The van der Waals surface area contributed by atoms with Gasteiger partial charge in [0.15, 0.2) is 5.78 Å². The molecule has 24 heavy (non-hydrogen) atoms. The van der Waals surface area contributed by atoms with Gasteiger partial charge in [-0.25, -0.2) is 0 Å². The monoisotopic (exact) mass is 350 g/mol. The maximum atomic E-state index is 12.3. The summed E-state index contributed by atoms with van der Waals surface area (Å²) in [6.45, 7) is 1.99. The van der Waals surface area contributed by atoms with Gasteiger partial charge in [0.25, 0.3) is 10.1 Å². The number of hydrogen-bond acceptors (Lipinski definition) is 6. The summed E-state index contributed by atoms with van der Waals surface area (Å²) in [5, 5.41) is 19.7. The third-order valence-electron chi connectivity index (χ3n) is 3.46. The highest BCUT2D eigenvalue weighted by Gasteiger charge is 2.34. The van der Waals surface area contributed by atoms with Crippen molar-refractivity contribution in [2.24, 2.45) is 0 Å². The lowest BCUT2D eigenvalue weighted by molar-refractivity contribution is 0.0175. The molecule has 0 fully saturated rings. The van der Waals surface area contributed by atoms with Crippen molar-refractivity contribution >= 4 is 15.9 Å². The fourth-order valence-corrected chi connectivity index (χ4v) is 3.32. The van der Waals surface area contributed by atoms with Crippen molar-refractivity contribution in [1.29, 1.82) is 0 Å². The maximum Gasteiger partial charge on any atom is 0.297 e. The summed E-state index contributed by atoms with van der Waals surface area (Å²) < 4.78 is 29.4. The van der Waals surface area contributed by atoms with E-state index in [9.17, 15) is 23.4 Å². The number of aryl methyl sites for hydroxylation is 1. The Balaban J connectivity index is 2.19. The molecule has 0 saturated carbocycles. The van der Waals surface area contributed by atoms with Crippen LogP contribution in [0.1, 0.15) is 22.8 Å². The van der Waals surface area contributed by atoms with E-state index >= 15 is 0 Å². The molecule has 0 radical (unpaired) electrons. The van der Waals surface area contributed by atoms with E-state index in [-0.39, 0.29) is 16.2 Å². The van der Waals surface area contributed by atoms with Crippen molar-refractivity contribution in [2.75, 3.05) is 6.61 Å². The number of carbonyl (C=O) groups excluding carboxylic acids is 1. The van der Waals surface area contributed by atoms with E-state index in [0.717, 1.165) is 6.07 Å². The van der Waals surface area contributed by atoms with Gasteiger partial charge in [0.05, 0.1) is 0 Å². The average Bonchev–Trinajstić information content (AvgIpc) is 2.55. The minimum absolute atomic E-state index is 0.217. The van der Waals surface area contributed by atoms with Crippen molar-refractivity contribution in [3.8, 4) is 5.75 Å². The van der Waals surface area contributed by atoms with E-state index in [2.05, 4.69) is 0 Å². The zero-order valence-corrected chi connectivity index (χ0v) is 14.1. The molecule has 0 heterocycles. The molecule has 0 aromatic heterocycles. The van der Waals surface area contributed by atoms with Crippen LogP contribution in [0.3, 0.4) is 0 Å². The summed E-state index contributed by atoms with van der Waals surface area (Å²) in [5.74, 6) is -0.874. The molecule has 6 nitrogen and oxygen atoms in total. The zero-order valence-electron chi connectivity index (χ0n) is 13.3. The summed E-state index contributed by atoms with van der Waals surface area (Å²) in [7, 11) is -4.23. The third kappa shape index (κ3) is 4.00. The highest BCUT2D eigenvalue weighted by Crippen LogP contribution is 2.24. The topological polar surface area (TPSA) is 101 Å². The van der Waals surface area contributed by atoms with Gasteiger partial charge in [-0.1, -0.05) is 36.4 Å². The minimum Gasteiger partial charge on any atom is -0.508 e. The standard InChI is InChI=1S/C17H18O6S/c1-12-8-9-14(18)10-15(12)24(21,22)23-11-17(2,20)16(19)13-6-4-3-5-7-13/h3-10,18,20H,11H2,1-2H3. The van der Waals surface area contributed by atoms with Crippen LogP contribution in [0.4, 0.5) is 0 Å². The lowest BCUT2D eigenvalue weighted by Gasteiger charge is -2.21. The van der Waals surface area contributed by atoms with Crippen LogP contribution in [0.15, 0.2) is 53.4 Å². The average molecular weight is 350 g/mol. The van der Waals surface area contributed by atoms with Gasteiger partial charge in [-0.2, -0.15) is 8.42 Å². The Kier molecular flexibility index (Phi) is 5.08. The van der Waals surface area contributed by atoms with Crippen molar-refractivity contribution < 1.29 is 27.6 Å². The van der Waals surface area contributed by atoms with Gasteiger partial charge in [0.1, 0.15) is 22.9 Å². The van der Waals surface area contributed by atoms with E-state index in [4.69, 9.17) is 4.18 Å². The van der Waals surface area contributed by atoms with E-state index < -0.39 is 28.1 Å². The first-order valence-corrected chi connectivity index (χ1v) is 8.55. The predicted molar refractivity (Wildman–Crippen MR) is 87.4 cm³/mol. The summed E-state index contributed by atoms with van der Waals surface area (Å²) in [6.07, 6.45) is 0. The summed E-state index contributed by atoms with van der Waals surface area (Å²) in [6, 6.07) is 11.9. The van der Waals surface area contributed by atoms with Gasteiger partial charge in [-0.15, -0.1) is 0 Å². The molecule has 2 N–H and O–H groups in total. The lowest BCUT2D eigenvalue weighted by Crippen LogP contribution is -2.40. The molecule has 1 atom stereocenters. The molecule has 2 aromatic carbocycles. The third-order valence-corrected chi connectivity index (χ3v) is 4.87. The number of hydrogen-bond donors (Lipinski definition) is 2. The summed E-state index contributed by atoms with van der Waals surface area (Å²) in [5.41, 5.74) is -1.39. The van der Waals surface area contributed by atoms with Crippen LogP contribution in [-0.2, 0) is 14.3 Å². The molecule has 128 valence electrons. The van der Waals surface area contributed by atoms with E-state index in [1.54, 1.807) is 25.1 Å². The molecule has 2 aromatic rings. The van der Waals surface area contributed by atoms with Crippen LogP contribution in [0.25, 0.3) is 0 Å². The molecule has 2 rings (SSSR count). The number of aliphatic hydroxyl groups is 1. The van der Waals surface area contributed by atoms with Crippen LogP contribution < -0.4 is 0 Å². The quantitative estimate of drug-likeness (QED) is 0.611. The number of phenols is 1. The van der Waals surface area contributed by atoms with Crippen LogP contribution in [0.5, 0.6) is 5.75 Å². The first kappa shape index (κ1) is 18.1. The molecule has 1 unspecified atom stereocenters. The fourth-order valence-electron chi connectivity index (χ4n) is 2.08. The summed E-state index contributed by atoms with van der Waals surface area (Å²) in [4.78, 5) is 12.1. The molecule has 0 saturated heterocycles. The van der Waals surface area contributed by atoms with Crippen LogP contribution in [0.2, 0.25) is 0 Å². The predicted octanol–water partition coefficient (Wildman–Crippen LogP) is 2.04. The van der Waals surface area contributed by atoms with Crippen LogP contribution in [-0.4, -0.2) is 36.6 Å². The van der Waals surface area contributed by atoms with Crippen molar-refractivity contribution in [2.45, 2.75) is 24.3 Å². The number of phenolic OH excluding ortho intramolecular Hbond substituents is 1. The molecule has 0 spiro atoms. The van der Waals surface area contributed by atoms with Gasteiger partial charge in [0.2, 0.25) is 0 Å². The van der Waals surface area contributed by atoms with Gasteiger partial charge in [0, 0.05) is 11.6 Å². The Bertz CT molecular complexity index is 841. The van der Waals surface area contributed by atoms with Crippen molar-refractivity contribution in [1.82, 2.24) is 0 Å². The van der Waals surface area contributed by atoms with Crippen LogP contribution in [0, 0.1) is 6.92 Å². The Hall–Kier alpha value is -2.22. The van der Waals surface area contributed by atoms with Crippen LogP contribution >= 0.6 is 0 Å². The Labute approximate surface area is 140 Å². The Morgan fingerprint density at radius 3 is 2.42 bits per heavy atom. The second kappa shape index (κ2) is 6.72. The Morgan fingerprint density at radius 2 is 1.79 bits per heavy atom. The molecule has 7 heteroatoms. The second-order valence-electron chi connectivity index (χ2n) is 5.64. The first-order valence-electron chi connectivity index (χ1n) is 7.15. The lowest BCUT2D eigenvalue weighted by atomic mass is 9.96. The van der Waals surface area contributed by atoms with Gasteiger partial charge >= 0.3 is 0 Å². The van der Waals surface area contributed by atoms with Crippen molar-refractivity contribution in [3.63, 3.8) is 0 Å². The highest BCUT2D eigenvalue weighted by atomic mass is 32.2. The fraction of sp³-hybridized carbons (Fsp3) is 0.235. The molecule has 0 amide bonds. The number of rotatable bonds is 6. The number of ketones is 1. The van der Waals surface area contributed by atoms with Gasteiger partial charge < -0.3 is 10.2 Å². The molecular formula is C17H18O6S. The normalized spacial score (nSPS) is 14.1. The van der Waals surface area contributed by atoms with E-state index in [1.165, 1.54) is 31.2 Å². The molecule has 0 aliphatic carbocycles. The smallest absolute Gasteiger partial charge is 0.297 e. The largest absolute Gasteiger partial charge is 0.508 e. The molecule has 0 aliphatic heterocycles. The zero-order chi connectivity index (χ0) is 18.0. The number of Topliss-reactive ketones (excluding diaryl/α,β-unsaturated/α-hetero) is 1. The number of carbonyl (C=O) groups is 1. The number of aromatic hydroxyl groups is 1. The SMILES string of the molecule is Cc1ccc(O)cc1S(=O)(=O)OCC(C)(O)C(=O)c1ccccc1. The summed E-state index contributed by atoms with van der Waals surface area (Å²) >= 11 is 0. The van der Waals surface area contributed by atoms with E-state index in [1.807, 2.05) is 0 Å². The second-order valence-corrected chi connectivity index (χ2v) is 7.22. The minimum atomic E-state index is -4.23. The van der Waals surface area contributed by atoms with Crippen molar-refractivity contribution in [3.05, 3.63) is 59.7 Å². The molecular weight excluding hydrogens is 332 g/mol. The number of benzene rings is 2. The van der Waals surface area contributed by atoms with Gasteiger partial charge in [-0.3, -0.25) is 8.98 Å². The highest BCUT2D eigenvalue weighted by molar-refractivity contribution is 7.86. The van der Waals surface area contributed by atoms with Gasteiger partial charge in [-0.05, 0) is 25.5 Å². The first-order chi connectivity index (χ1) is 11.1. The molecule has 0 bridgehead atoms.